The summed E-state index contributed by atoms with van der Waals surface area (Å²) in [6, 6.07) is 7.73. The fourth-order valence-electron chi connectivity index (χ4n) is 3.42. The van der Waals surface area contributed by atoms with Crippen LogP contribution >= 0.6 is 0 Å². The molecule has 3 heterocycles. The highest BCUT2D eigenvalue weighted by molar-refractivity contribution is 5.92. The zero-order valence-electron chi connectivity index (χ0n) is 16.3. The van der Waals surface area contributed by atoms with Gasteiger partial charge in [-0.2, -0.15) is 0 Å². The summed E-state index contributed by atoms with van der Waals surface area (Å²) >= 11 is 0. The molecule has 1 aromatic carbocycles. The van der Waals surface area contributed by atoms with Crippen molar-refractivity contribution in [3.8, 4) is 11.3 Å². The first-order chi connectivity index (χ1) is 14.4. The quantitative estimate of drug-likeness (QED) is 0.686. The molecular weight excluding hydrogens is 390 g/mol. The van der Waals surface area contributed by atoms with Gasteiger partial charge in [-0.25, -0.2) is 28.5 Å². The van der Waals surface area contributed by atoms with Crippen LogP contribution in [0.15, 0.2) is 42.6 Å². The highest BCUT2D eigenvalue weighted by atomic mass is 19.1. The normalized spacial score (nSPS) is 16.0. The van der Waals surface area contributed by atoms with E-state index < -0.39 is 11.6 Å². The molecule has 0 bridgehead atoms. The molecule has 1 aliphatic rings. The number of halogens is 2. The van der Waals surface area contributed by atoms with Gasteiger partial charge in [-0.15, -0.1) is 0 Å². The molecule has 3 aromatic rings. The predicted molar refractivity (Wildman–Crippen MR) is 109 cm³/mol. The molecule has 3 N–H and O–H groups in total. The largest absolute Gasteiger partial charge is 0.396 e. The summed E-state index contributed by atoms with van der Waals surface area (Å²) in [5.74, 6) is -0.528. The minimum Gasteiger partial charge on any atom is -0.396 e. The van der Waals surface area contributed by atoms with E-state index in [2.05, 4.69) is 20.3 Å². The van der Waals surface area contributed by atoms with Gasteiger partial charge >= 0.3 is 6.03 Å². The minimum absolute atomic E-state index is 0.0561. The van der Waals surface area contributed by atoms with Gasteiger partial charge in [-0.1, -0.05) is 0 Å². The number of nitrogens with zero attached hydrogens (tertiary/aromatic N) is 4. The number of anilines is 2. The van der Waals surface area contributed by atoms with Crippen molar-refractivity contribution in [2.45, 2.75) is 19.3 Å². The molecular formula is C21H20F2N6O. The molecule has 4 rings (SSSR count). The van der Waals surface area contributed by atoms with Crippen LogP contribution in [0.2, 0.25) is 0 Å². The van der Waals surface area contributed by atoms with E-state index in [1.165, 1.54) is 18.2 Å². The number of hydrogen-bond donors (Lipinski definition) is 2. The lowest BCUT2D eigenvalue weighted by Crippen LogP contribution is -2.33. The van der Waals surface area contributed by atoms with Crippen LogP contribution in [0, 0.1) is 18.6 Å². The van der Waals surface area contributed by atoms with Gasteiger partial charge in [0.2, 0.25) is 0 Å². The summed E-state index contributed by atoms with van der Waals surface area (Å²) in [6.45, 7) is 2.91. The first kappa shape index (κ1) is 19.7. The van der Waals surface area contributed by atoms with Crippen LogP contribution < -0.4 is 11.1 Å². The van der Waals surface area contributed by atoms with Crippen LogP contribution in [0.1, 0.15) is 23.9 Å². The molecule has 1 saturated heterocycles. The first-order valence-electron chi connectivity index (χ1n) is 9.48. The molecule has 2 amide bonds. The van der Waals surface area contributed by atoms with Gasteiger partial charge in [0.1, 0.15) is 17.5 Å². The van der Waals surface area contributed by atoms with Crippen LogP contribution in [-0.2, 0) is 0 Å². The van der Waals surface area contributed by atoms with Crippen molar-refractivity contribution in [3.63, 3.8) is 0 Å². The van der Waals surface area contributed by atoms with Crippen molar-refractivity contribution in [2.75, 3.05) is 24.1 Å². The summed E-state index contributed by atoms with van der Waals surface area (Å²) in [5, 5.41) is 2.69. The number of hydrogen-bond acceptors (Lipinski definition) is 5. The molecule has 1 atom stereocenters. The van der Waals surface area contributed by atoms with Crippen molar-refractivity contribution in [1.82, 2.24) is 19.9 Å². The van der Waals surface area contributed by atoms with E-state index >= 15 is 0 Å². The van der Waals surface area contributed by atoms with E-state index in [-0.39, 0.29) is 34.7 Å². The maximum Gasteiger partial charge on any atom is 0.323 e. The Kier molecular flexibility index (Phi) is 5.26. The smallest absolute Gasteiger partial charge is 0.323 e. The second-order valence-corrected chi connectivity index (χ2v) is 7.18. The maximum absolute atomic E-state index is 14.1. The third kappa shape index (κ3) is 4.05. The third-order valence-corrected chi connectivity index (χ3v) is 5.01. The lowest BCUT2D eigenvalue weighted by Gasteiger charge is -2.18. The van der Waals surface area contributed by atoms with Crippen LogP contribution in [0.4, 0.5) is 25.1 Å². The number of urea groups is 1. The Labute approximate surface area is 172 Å². The Balaban J connectivity index is 1.49. The average molecular weight is 410 g/mol. The van der Waals surface area contributed by atoms with Gasteiger partial charge in [0.15, 0.2) is 5.82 Å². The molecule has 154 valence electrons. The van der Waals surface area contributed by atoms with Crippen molar-refractivity contribution >= 4 is 17.5 Å². The standard InChI is InChI=1S/C21H20F2N6O/c1-12-6-8-25-19(26-12)13-7-9-29(11-13)21(30)28-20-17(24)4-5-18(27-20)15-3-2-14(22)10-16(15)23/h2-6,8,10,13H,7,9,11,24H2,1H3,(H,27,28,30). The second-order valence-electron chi connectivity index (χ2n) is 7.18. The number of nitrogen functional groups attached to an aromatic ring is 1. The predicted octanol–water partition coefficient (Wildman–Crippen LogP) is 3.73. The molecule has 1 fully saturated rings. The van der Waals surface area contributed by atoms with Gasteiger partial charge in [0.05, 0.1) is 11.4 Å². The van der Waals surface area contributed by atoms with E-state index in [0.717, 1.165) is 30.1 Å². The lowest BCUT2D eigenvalue weighted by atomic mass is 10.1. The number of carbonyl (C=O) groups excluding carboxylic acids is 1. The van der Waals surface area contributed by atoms with Crippen molar-refractivity contribution < 1.29 is 13.6 Å². The number of nitrogens with two attached hydrogens (primary N) is 1. The Morgan fingerprint density at radius 2 is 2.03 bits per heavy atom. The van der Waals surface area contributed by atoms with Crippen LogP contribution in [0.3, 0.4) is 0 Å². The number of pyridine rings is 1. The molecule has 0 radical (unpaired) electrons. The second kappa shape index (κ2) is 8.02. The molecule has 2 aromatic heterocycles. The van der Waals surface area contributed by atoms with Gasteiger partial charge in [0.25, 0.3) is 0 Å². The summed E-state index contributed by atoms with van der Waals surface area (Å²) < 4.78 is 27.3. The van der Waals surface area contributed by atoms with Gasteiger partial charge in [0, 0.05) is 42.5 Å². The molecule has 9 heteroatoms. The van der Waals surface area contributed by atoms with Crippen LogP contribution in [-0.4, -0.2) is 39.0 Å². The number of amides is 2. The molecule has 7 nitrogen and oxygen atoms in total. The number of aryl methyl sites for hydroxylation is 1. The minimum atomic E-state index is -0.745. The summed E-state index contributed by atoms with van der Waals surface area (Å²) in [6.07, 6.45) is 2.46. The summed E-state index contributed by atoms with van der Waals surface area (Å²) in [5.41, 5.74) is 7.42. The Hall–Kier alpha value is -3.62. The van der Waals surface area contributed by atoms with E-state index in [9.17, 15) is 13.6 Å². The monoisotopic (exact) mass is 410 g/mol. The van der Waals surface area contributed by atoms with Crippen molar-refractivity contribution in [3.05, 3.63) is 65.7 Å². The third-order valence-electron chi connectivity index (χ3n) is 5.01. The highest BCUT2D eigenvalue weighted by Crippen LogP contribution is 2.28. The Morgan fingerprint density at radius 3 is 2.80 bits per heavy atom. The molecule has 1 unspecified atom stereocenters. The summed E-state index contributed by atoms with van der Waals surface area (Å²) in [4.78, 5) is 27.4. The molecule has 0 spiro atoms. The number of aromatic nitrogens is 3. The maximum atomic E-state index is 14.1. The van der Waals surface area contributed by atoms with E-state index in [1.807, 2.05) is 13.0 Å². The fraction of sp³-hybridized carbons (Fsp3) is 0.238. The Morgan fingerprint density at radius 1 is 1.20 bits per heavy atom. The number of nitrogens with one attached hydrogen (secondary N) is 1. The number of carbonyl (C=O) groups is 1. The Bertz CT molecular complexity index is 1110. The zero-order valence-corrected chi connectivity index (χ0v) is 16.3. The molecule has 0 saturated carbocycles. The van der Waals surface area contributed by atoms with Gasteiger partial charge in [-0.05, 0) is 43.7 Å². The van der Waals surface area contributed by atoms with Crippen molar-refractivity contribution in [1.29, 1.82) is 0 Å². The zero-order chi connectivity index (χ0) is 21.3. The highest BCUT2D eigenvalue weighted by Gasteiger charge is 2.29. The fourth-order valence-corrected chi connectivity index (χ4v) is 3.42. The lowest BCUT2D eigenvalue weighted by molar-refractivity contribution is 0.222. The molecule has 30 heavy (non-hydrogen) atoms. The van der Waals surface area contributed by atoms with E-state index in [4.69, 9.17) is 5.73 Å². The molecule has 0 aliphatic carbocycles. The number of likely N-dealkylation sites (tertiary alicyclic amines) is 1. The number of rotatable bonds is 3. The van der Waals surface area contributed by atoms with E-state index in [0.29, 0.717) is 13.1 Å². The van der Waals surface area contributed by atoms with Gasteiger partial charge in [-0.3, -0.25) is 5.32 Å². The summed E-state index contributed by atoms with van der Waals surface area (Å²) in [7, 11) is 0. The number of benzene rings is 1. The average Bonchev–Trinajstić information content (AvgIpc) is 3.20. The van der Waals surface area contributed by atoms with Crippen molar-refractivity contribution in [2.24, 2.45) is 0 Å². The van der Waals surface area contributed by atoms with Gasteiger partial charge < -0.3 is 10.6 Å². The SMILES string of the molecule is Cc1ccnc(C2CCN(C(=O)Nc3nc(-c4ccc(F)cc4F)ccc3N)C2)n1. The van der Waals surface area contributed by atoms with Crippen LogP contribution in [0.25, 0.3) is 11.3 Å². The van der Waals surface area contributed by atoms with E-state index in [1.54, 1.807) is 11.1 Å². The van der Waals surface area contributed by atoms with Crippen LogP contribution in [0.5, 0.6) is 0 Å². The topological polar surface area (TPSA) is 97.0 Å². The first-order valence-corrected chi connectivity index (χ1v) is 9.48. The molecule has 1 aliphatic heterocycles.